The molecule has 2 aliphatic heterocycles. The van der Waals surface area contributed by atoms with Crippen molar-refractivity contribution in [2.75, 3.05) is 20.0 Å². The molecular weight excluding hydrogens is 356 g/mol. The maximum Gasteiger partial charge on any atom is 0.260 e. The van der Waals surface area contributed by atoms with E-state index < -0.39 is 6.04 Å². The molecule has 26 heavy (non-hydrogen) atoms. The van der Waals surface area contributed by atoms with E-state index in [4.69, 9.17) is 13.9 Å². The van der Waals surface area contributed by atoms with E-state index in [2.05, 4.69) is 5.32 Å². The van der Waals surface area contributed by atoms with Crippen LogP contribution in [0.15, 0.2) is 34.9 Å². The predicted octanol–water partition coefficient (Wildman–Crippen LogP) is 2.18. The van der Waals surface area contributed by atoms with Gasteiger partial charge in [0.25, 0.3) is 5.91 Å². The summed E-state index contributed by atoms with van der Waals surface area (Å²) in [6.45, 7) is 0.295. The summed E-state index contributed by atoms with van der Waals surface area (Å²) < 4.78 is 15.9. The SMILES string of the molecule is COc1ccc2c(c1OC)C(=O)N1[C@@H](C(=O)NCc3ccco3)CS[C@H]21. The molecule has 3 heterocycles. The average Bonchev–Trinajstić information content (AvgIpc) is 3.37. The molecule has 0 saturated carbocycles. The quantitative estimate of drug-likeness (QED) is 0.864. The molecule has 0 spiro atoms. The fourth-order valence-electron chi connectivity index (χ4n) is 3.40. The van der Waals surface area contributed by atoms with Crippen molar-refractivity contribution in [1.29, 1.82) is 0 Å². The Morgan fingerprint density at radius 3 is 2.88 bits per heavy atom. The fraction of sp³-hybridized carbons (Fsp3) is 0.333. The molecule has 1 aromatic heterocycles. The van der Waals surface area contributed by atoms with Crippen LogP contribution >= 0.6 is 11.8 Å². The van der Waals surface area contributed by atoms with E-state index in [1.54, 1.807) is 41.1 Å². The molecule has 1 N–H and O–H groups in total. The summed E-state index contributed by atoms with van der Waals surface area (Å²) in [6.07, 6.45) is 1.56. The van der Waals surface area contributed by atoms with Gasteiger partial charge in [-0.15, -0.1) is 11.8 Å². The Labute approximate surface area is 154 Å². The number of ether oxygens (including phenoxy) is 2. The van der Waals surface area contributed by atoms with Gasteiger partial charge in [-0.2, -0.15) is 0 Å². The molecule has 2 aromatic rings. The summed E-state index contributed by atoms with van der Waals surface area (Å²) >= 11 is 1.58. The molecule has 0 bridgehead atoms. The summed E-state index contributed by atoms with van der Waals surface area (Å²) in [4.78, 5) is 27.3. The van der Waals surface area contributed by atoms with Gasteiger partial charge >= 0.3 is 0 Å². The molecule has 1 fully saturated rings. The molecule has 7 nitrogen and oxygen atoms in total. The van der Waals surface area contributed by atoms with E-state index in [1.165, 1.54) is 14.2 Å². The first-order valence-corrected chi connectivity index (χ1v) is 9.19. The molecule has 2 atom stereocenters. The Kier molecular flexibility index (Phi) is 4.28. The zero-order valence-electron chi connectivity index (χ0n) is 14.4. The highest BCUT2D eigenvalue weighted by molar-refractivity contribution is 7.99. The first kappa shape index (κ1) is 16.8. The highest BCUT2D eigenvalue weighted by atomic mass is 32.2. The summed E-state index contributed by atoms with van der Waals surface area (Å²) in [5.41, 5.74) is 1.34. The lowest BCUT2D eigenvalue weighted by atomic mass is 10.1. The average molecular weight is 374 g/mol. The van der Waals surface area contributed by atoms with Crippen molar-refractivity contribution in [2.45, 2.75) is 18.0 Å². The molecule has 0 radical (unpaired) electrons. The molecule has 0 unspecified atom stereocenters. The van der Waals surface area contributed by atoms with E-state index in [0.717, 1.165) is 5.56 Å². The van der Waals surface area contributed by atoms with Crippen molar-refractivity contribution >= 4 is 23.6 Å². The van der Waals surface area contributed by atoms with Crippen LogP contribution in [0.25, 0.3) is 0 Å². The first-order valence-electron chi connectivity index (χ1n) is 8.15. The molecular formula is C18H18N2O5S. The number of hydrogen-bond acceptors (Lipinski definition) is 6. The monoisotopic (exact) mass is 374 g/mol. The zero-order valence-corrected chi connectivity index (χ0v) is 15.2. The minimum atomic E-state index is -0.532. The normalized spacial score (nSPS) is 20.7. The van der Waals surface area contributed by atoms with E-state index in [9.17, 15) is 9.59 Å². The highest BCUT2D eigenvalue weighted by Crippen LogP contribution is 2.52. The molecule has 1 aromatic carbocycles. The Balaban J connectivity index is 1.58. The number of furan rings is 1. The highest BCUT2D eigenvalue weighted by Gasteiger charge is 2.50. The van der Waals surface area contributed by atoms with Crippen molar-refractivity contribution in [2.24, 2.45) is 0 Å². The number of methoxy groups -OCH3 is 2. The van der Waals surface area contributed by atoms with Gasteiger partial charge in [-0.3, -0.25) is 9.59 Å². The van der Waals surface area contributed by atoms with Crippen LogP contribution in [-0.4, -0.2) is 42.7 Å². The Bertz CT molecular complexity index is 852. The number of fused-ring (bicyclic) bond motifs is 3. The van der Waals surface area contributed by atoms with Gasteiger partial charge in [0.2, 0.25) is 5.91 Å². The van der Waals surface area contributed by atoms with Crippen molar-refractivity contribution in [3.8, 4) is 11.5 Å². The molecule has 2 aliphatic rings. The first-order chi connectivity index (χ1) is 12.7. The number of carbonyl (C=O) groups excluding carboxylic acids is 2. The summed E-state index contributed by atoms with van der Waals surface area (Å²) in [5.74, 6) is 1.74. The lowest BCUT2D eigenvalue weighted by Crippen LogP contribution is -2.45. The topological polar surface area (TPSA) is 81.0 Å². The number of amides is 2. The van der Waals surface area contributed by atoms with Crippen LogP contribution in [0.2, 0.25) is 0 Å². The van der Waals surface area contributed by atoms with Gasteiger partial charge in [0.05, 0.1) is 32.6 Å². The van der Waals surface area contributed by atoms with Crippen LogP contribution in [0.1, 0.15) is 27.1 Å². The minimum absolute atomic E-state index is 0.184. The van der Waals surface area contributed by atoms with Gasteiger partial charge in [0.15, 0.2) is 11.5 Å². The number of carbonyl (C=O) groups is 2. The van der Waals surface area contributed by atoms with E-state index in [0.29, 0.717) is 35.1 Å². The van der Waals surface area contributed by atoms with E-state index in [1.807, 2.05) is 6.07 Å². The molecule has 0 aliphatic carbocycles. The number of thioether (sulfide) groups is 1. The molecule has 4 rings (SSSR count). The lowest BCUT2D eigenvalue weighted by molar-refractivity contribution is -0.125. The lowest BCUT2D eigenvalue weighted by Gasteiger charge is -2.22. The van der Waals surface area contributed by atoms with Crippen molar-refractivity contribution in [3.05, 3.63) is 47.4 Å². The van der Waals surface area contributed by atoms with Crippen LogP contribution in [0.4, 0.5) is 0 Å². The zero-order chi connectivity index (χ0) is 18.3. The Morgan fingerprint density at radius 2 is 2.19 bits per heavy atom. The fourth-order valence-corrected chi connectivity index (χ4v) is 4.85. The van der Waals surface area contributed by atoms with E-state index in [-0.39, 0.29) is 17.2 Å². The standard InChI is InChI=1S/C18H18N2O5S/c1-23-13-6-5-11-14(15(13)24-2)17(22)20-12(9-26-18(11)20)16(21)19-8-10-4-3-7-25-10/h3-7,12,18H,8-9H2,1-2H3,(H,19,21)/t12-,18-/m1/s1. The van der Waals surface area contributed by atoms with Gasteiger partial charge in [-0.05, 0) is 18.2 Å². The van der Waals surface area contributed by atoms with Crippen LogP contribution in [0.5, 0.6) is 11.5 Å². The van der Waals surface area contributed by atoms with Gasteiger partial charge in [0.1, 0.15) is 17.2 Å². The summed E-state index contributed by atoms with van der Waals surface area (Å²) in [5, 5.41) is 2.66. The second-order valence-electron chi connectivity index (χ2n) is 5.98. The molecule has 1 saturated heterocycles. The van der Waals surface area contributed by atoms with Crippen LogP contribution in [-0.2, 0) is 11.3 Å². The number of hydrogen-bond donors (Lipinski definition) is 1. The third-order valence-electron chi connectivity index (χ3n) is 4.61. The number of nitrogens with zero attached hydrogens (tertiary/aromatic N) is 1. The van der Waals surface area contributed by atoms with Crippen LogP contribution < -0.4 is 14.8 Å². The Hall–Kier alpha value is -2.61. The summed E-state index contributed by atoms with van der Waals surface area (Å²) in [7, 11) is 3.04. The number of nitrogens with one attached hydrogen (secondary N) is 1. The van der Waals surface area contributed by atoms with Crippen molar-refractivity contribution in [3.63, 3.8) is 0 Å². The van der Waals surface area contributed by atoms with E-state index >= 15 is 0 Å². The number of rotatable bonds is 5. The largest absolute Gasteiger partial charge is 0.493 e. The molecule has 8 heteroatoms. The third-order valence-corrected chi connectivity index (χ3v) is 5.92. The van der Waals surface area contributed by atoms with Gasteiger partial charge < -0.3 is 24.1 Å². The van der Waals surface area contributed by atoms with Crippen molar-refractivity contribution in [1.82, 2.24) is 10.2 Å². The molecule has 136 valence electrons. The second-order valence-corrected chi connectivity index (χ2v) is 7.09. The van der Waals surface area contributed by atoms with Crippen LogP contribution in [0, 0.1) is 0 Å². The van der Waals surface area contributed by atoms with Crippen LogP contribution in [0.3, 0.4) is 0 Å². The Morgan fingerprint density at radius 1 is 1.35 bits per heavy atom. The summed E-state index contributed by atoms with van der Waals surface area (Å²) in [6, 6.07) is 6.69. The smallest absolute Gasteiger partial charge is 0.260 e. The molecule has 2 amide bonds. The third kappa shape index (κ3) is 2.52. The predicted molar refractivity (Wildman–Crippen MR) is 95.3 cm³/mol. The van der Waals surface area contributed by atoms with Gasteiger partial charge in [0, 0.05) is 11.3 Å². The van der Waals surface area contributed by atoms with Gasteiger partial charge in [-0.25, -0.2) is 0 Å². The van der Waals surface area contributed by atoms with Crippen molar-refractivity contribution < 1.29 is 23.5 Å². The second kappa shape index (κ2) is 6.60. The minimum Gasteiger partial charge on any atom is -0.493 e. The van der Waals surface area contributed by atoms with Gasteiger partial charge in [-0.1, -0.05) is 6.07 Å². The maximum atomic E-state index is 13.1. The number of benzene rings is 1. The maximum absolute atomic E-state index is 13.1.